The van der Waals surface area contributed by atoms with E-state index in [4.69, 9.17) is 10.1 Å². The Kier molecular flexibility index (Phi) is 3.80. The number of likely N-dealkylation sites (N-methyl/N-ethyl adjacent to an activating group) is 1. The first-order chi connectivity index (χ1) is 10.9. The second kappa shape index (κ2) is 5.65. The molecule has 3 rings (SSSR count). The molecular weight excluding hydrogens is 292 g/mol. The maximum Gasteiger partial charge on any atom is 0.323 e. The third kappa shape index (κ3) is 3.04. The molecule has 2 aromatic rings. The smallest absolute Gasteiger partial charge is 0.323 e. The van der Waals surface area contributed by atoms with Crippen molar-refractivity contribution in [1.82, 2.24) is 9.88 Å². The Morgan fingerprint density at radius 3 is 2.57 bits per heavy atom. The van der Waals surface area contributed by atoms with Crippen molar-refractivity contribution in [3.8, 4) is 0 Å². The van der Waals surface area contributed by atoms with Crippen LogP contribution >= 0.6 is 0 Å². The number of carboxylic acid groups (broad SMARTS) is 1. The fraction of sp³-hybridized carbons (Fsp3) is 0.389. The standard InChI is InChI=1S/C18H20N2O3/c1-10-6-11(2)17-13(7-10)14(8-15(19-17)12-4-5-12)18(23)20(3)9-16(21)22/h6-8,12H,4-5,9H2,1-3H3,(H,21,22). The van der Waals surface area contributed by atoms with Crippen LogP contribution < -0.4 is 0 Å². The van der Waals surface area contributed by atoms with Crippen molar-refractivity contribution >= 4 is 22.8 Å². The molecule has 120 valence electrons. The zero-order valence-electron chi connectivity index (χ0n) is 13.6. The number of aromatic nitrogens is 1. The molecule has 1 aliphatic carbocycles. The summed E-state index contributed by atoms with van der Waals surface area (Å²) in [7, 11) is 1.52. The Morgan fingerprint density at radius 1 is 1.26 bits per heavy atom. The summed E-state index contributed by atoms with van der Waals surface area (Å²) < 4.78 is 0. The number of carbonyl (C=O) groups is 2. The minimum atomic E-state index is -1.02. The molecule has 23 heavy (non-hydrogen) atoms. The summed E-state index contributed by atoms with van der Waals surface area (Å²) in [5.74, 6) is -0.864. The number of benzene rings is 1. The van der Waals surface area contributed by atoms with Gasteiger partial charge in [0.05, 0.1) is 11.1 Å². The van der Waals surface area contributed by atoms with Gasteiger partial charge in [0.1, 0.15) is 6.54 Å². The Hall–Kier alpha value is -2.43. The number of aliphatic carboxylic acids is 1. The molecule has 1 aromatic heterocycles. The Bertz CT molecular complexity index is 810. The van der Waals surface area contributed by atoms with Crippen LogP contribution in [0.3, 0.4) is 0 Å². The van der Waals surface area contributed by atoms with Gasteiger partial charge in [-0.1, -0.05) is 11.6 Å². The zero-order chi connectivity index (χ0) is 16.7. The first-order valence-corrected chi connectivity index (χ1v) is 7.76. The average molecular weight is 312 g/mol. The van der Waals surface area contributed by atoms with Gasteiger partial charge in [-0.2, -0.15) is 0 Å². The Labute approximate surface area is 134 Å². The Balaban J connectivity index is 2.16. The third-order valence-electron chi connectivity index (χ3n) is 4.21. The predicted octanol–water partition coefficient (Wildman–Crippen LogP) is 2.89. The number of hydrogen-bond acceptors (Lipinski definition) is 3. The average Bonchev–Trinajstić information content (AvgIpc) is 3.29. The highest BCUT2D eigenvalue weighted by Crippen LogP contribution is 2.40. The molecule has 5 nitrogen and oxygen atoms in total. The molecule has 0 saturated heterocycles. The van der Waals surface area contributed by atoms with Crippen LogP contribution in [0.25, 0.3) is 10.9 Å². The molecule has 0 bridgehead atoms. The van der Waals surface area contributed by atoms with Crippen LogP contribution in [0, 0.1) is 13.8 Å². The summed E-state index contributed by atoms with van der Waals surface area (Å²) in [5.41, 5.74) is 4.43. The van der Waals surface area contributed by atoms with E-state index < -0.39 is 5.97 Å². The highest BCUT2D eigenvalue weighted by atomic mass is 16.4. The molecule has 1 saturated carbocycles. The van der Waals surface area contributed by atoms with Gasteiger partial charge in [0, 0.05) is 24.0 Å². The van der Waals surface area contributed by atoms with Crippen molar-refractivity contribution < 1.29 is 14.7 Å². The molecule has 0 radical (unpaired) electrons. The molecule has 0 aliphatic heterocycles. The van der Waals surface area contributed by atoms with Gasteiger partial charge in [-0.25, -0.2) is 0 Å². The van der Waals surface area contributed by atoms with Crippen LogP contribution in [0.4, 0.5) is 0 Å². The molecule has 5 heteroatoms. The van der Waals surface area contributed by atoms with E-state index in [0.29, 0.717) is 11.5 Å². The maximum absolute atomic E-state index is 12.7. The molecule has 1 heterocycles. The van der Waals surface area contributed by atoms with E-state index in [2.05, 4.69) is 6.07 Å². The summed E-state index contributed by atoms with van der Waals surface area (Å²) in [6.45, 7) is 3.66. The molecule has 1 aromatic carbocycles. The molecule has 1 amide bonds. The van der Waals surface area contributed by atoms with Gasteiger partial charge >= 0.3 is 5.97 Å². The predicted molar refractivity (Wildman–Crippen MR) is 87.8 cm³/mol. The fourth-order valence-corrected chi connectivity index (χ4v) is 2.95. The van der Waals surface area contributed by atoms with E-state index in [1.54, 1.807) is 0 Å². The number of amides is 1. The number of carbonyl (C=O) groups excluding carboxylic acids is 1. The highest BCUT2D eigenvalue weighted by Gasteiger charge is 2.28. The van der Waals surface area contributed by atoms with Crippen LogP contribution in [0.15, 0.2) is 18.2 Å². The summed E-state index contributed by atoms with van der Waals surface area (Å²) in [6.07, 6.45) is 2.20. The first-order valence-electron chi connectivity index (χ1n) is 7.76. The summed E-state index contributed by atoms with van der Waals surface area (Å²) in [4.78, 5) is 29.6. The van der Waals surface area contributed by atoms with Crippen molar-refractivity contribution in [2.24, 2.45) is 0 Å². The summed E-state index contributed by atoms with van der Waals surface area (Å²) in [5, 5.41) is 9.73. The molecule has 1 N–H and O–H groups in total. The SMILES string of the molecule is Cc1cc(C)c2nc(C3CC3)cc(C(=O)N(C)CC(=O)O)c2c1. The second-order valence-corrected chi connectivity index (χ2v) is 6.40. The number of carboxylic acids is 1. The van der Waals surface area contributed by atoms with E-state index in [0.717, 1.165) is 40.6 Å². The number of hydrogen-bond donors (Lipinski definition) is 1. The van der Waals surface area contributed by atoms with Gasteiger partial charge < -0.3 is 10.0 Å². The summed E-state index contributed by atoms with van der Waals surface area (Å²) >= 11 is 0. The van der Waals surface area contributed by atoms with E-state index >= 15 is 0 Å². The Morgan fingerprint density at radius 2 is 1.96 bits per heavy atom. The zero-order valence-corrected chi connectivity index (χ0v) is 13.6. The lowest BCUT2D eigenvalue weighted by molar-refractivity contribution is -0.137. The number of fused-ring (bicyclic) bond motifs is 1. The van der Waals surface area contributed by atoms with Crippen LogP contribution in [-0.2, 0) is 4.79 Å². The van der Waals surface area contributed by atoms with Gasteiger partial charge in [0.25, 0.3) is 5.91 Å². The number of aryl methyl sites for hydroxylation is 2. The van der Waals surface area contributed by atoms with E-state index in [1.807, 2.05) is 26.0 Å². The molecule has 0 atom stereocenters. The molecule has 0 unspecified atom stereocenters. The van der Waals surface area contributed by atoms with Crippen LogP contribution in [0.5, 0.6) is 0 Å². The lowest BCUT2D eigenvalue weighted by Crippen LogP contribution is -2.32. The molecule has 1 aliphatic rings. The maximum atomic E-state index is 12.7. The van der Waals surface area contributed by atoms with Crippen molar-refractivity contribution in [3.05, 3.63) is 40.6 Å². The van der Waals surface area contributed by atoms with Crippen LogP contribution in [0.2, 0.25) is 0 Å². The minimum Gasteiger partial charge on any atom is -0.480 e. The van der Waals surface area contributed by atoms with E-state index in [-0.39, 0.29) is 12.5 Å². The van der Waals surface area contributed by atoms with Gasteiger partial charge in [-0.3, -0.25) is 14.6 Å². The van der Waals surface area contributed by atoms with Gasteiger partial charge in [-0.05, 0) is 44.4 Å². The quantitative estimate of drug-likeness (QED) is 0.942. The van der Waals surface area contributed by atoms with Gasteiger partial charge in [0.15, 0.2) is 0 Å². The molecule has 1 fully saturated rings. The van der Waals surface area contributed by atoms with E-state index in [9.17, 15) is 9.59 Å². The third-order valence-corrected chi connectivity index (χ3v) is 4.21. The van der Waals surface area contributed by atoms with Gasteiger partial charge in [-0.15, -0.1) is 0 Å². The monoisotopic (exact) mass is 312 g/mol. The van der Waals surface area contributed by atoms with Crippen LogP contribution in [-0.4, -0.2) is 40.5 Å². The van der Waals surface area contributed by atoms with Crippen molar-refractivity contribution in [3.63, 3.8) is 0 Å². The van der Waals surface area contributed by atoms with E-state index in [1.165, 1.54) is 11.9 Å². The second-order valence-electron chi connectivity index (χ2n) is 6.40. The topological polar surface area (TPSA) is 70.5 Å². The highest BCUT2D eigenvalue weighted by molar-refractivity contribution is 6.07. The molecule has 0 spiro atoms. The fourth-order valence-electron chi connectivity index (χ4n) is 2.95. The first kappa shape index (κ1) is 15.5. The van der Waals surface area contributed by atoms with Crippen molar-refractivity contribution in [1.29, 1.82) is 0 Å². The van der Waals surface area contributed by atoms with Gasteiger partial charge in [0.2, 0.25) is 0 Å². The lowest BCUT2D eigenvalue weighted by atomic mass is 10.00. The normalized spacial score (nSPS) is 14.0. The molecular formula is C18H20N2O3. The number of rotatable bonds is 4. The summed E-state index contributed by atoms with van der Waals surface area (Å²) in [6, 6.07) is 5.86. The number of pyridine rings is 1. The van der Waals surface area contributed by atoms with Crippen molar-refractivity contribution in [2.45, 2.75) is 32.6 Å². The number of nitrogens with zero attached hydrogens (tertiary/aromatic N) is 2. The lowest BCUT2D eigenvalue weighted by Gasteiger charge is -2.17. The largest absolute Gasteiger partial charge is 0.480 e. The minimum absolute atomic E-state index is 0.272. The van der Waals surface area contributed by atoms with Crippen LogP contribution in [0.1, 0.15) is 45.9 Å². The van der Waals surface area contributed by atoms with Crippen molar-refractivity contribution in [2.75, 3.05) is 13.6 Å².